The van der Waals surface area contributed by atoms with Crippen molar-refractivity contribution in [1.82, 2.24) is 24.8 Å². The van der Waals surface area contributed by atoms with Gasteiger partial charge in [-0.25, -0.2) is 17.8 Å². The van der Waals surface area contributed by atoms with Gasteiger partial charge in [-0.3, -0.25) is 9.89 Å². The summed E-state index contributed by atoms with van der Waals surface area (Å²) in [7, 11) is -3.76. The van der Waals surface area contributed by atoms with E-state index in [1.165, 1.54) is 28.2 Å². The molecular formula is C22H24FN5O3S2. The molecule has 1 aliphatic heterocycles. The van der Waals surface area contributed by atoms with Gasteiger partial charge in [0.25, 0.3) is 0 Å². The first kappa shape index (κ1) is 23.4. The van der Waals surface area contributed by atoms with Gasteiger partial charge in [-0.1, -0.05) is 42.1 Å². The number of halogens is 1. The van der Waals surface area contributed by atoms with E-state index in [2.05, 4.69) is 20.5 Å². The predicted molar refractivity (Wildman–Crippen MR) is 123 cm³/mol. The summed E-state index contributed by atoms with van der Waals surface area (Å²) in [5.41, 5.74) is 0.947. The number of benzene rings is 2. The molecule has 11 heteroatoms. The first-order chi connectivity index (χ1) is 15.9. The summed E-state index contributed by atoms with van der Waals surface area (Å²) in [5.74, 6) is 0.180. The Labute approximate surface area is 196 Å². The van der Waals surface area contributed by atoms with E-state index in [0.717, 1.165) is 17.7 Å². The molecule has 1 aliphatic rings. The summed E-state index contributed by atoms with van der Waals surface area (Å²) in [4.78, 5) is 17.1. The summed E-state index contributed by atoms with van der Waals surface area (Å²) < 4.78 is 40.1. The number of carbonyl (C=O) groups is 1. The fourth-order valence-electron chi connectivity index (χ4n) is 3.63. The summed E-state index contributed by atoms with van der Waals surface area (Å²) >= 11 is 1.42. The maximum Gasteiger partial charge on any atom is 0.243 e. The second-order valence-corrected chi connectivity index (χ2v) is 10.6. The van der Waals surface area contributed by atoms with Crippen LogP contribution < -0.4 is 5.32 Å². The minimum atomic E-state index is -3.76. The number of nitrogens with one attached hydrogen (secondary N) is 2. The van der Waals surface area contributed by atoms with E-state index in [1.807, 2.05) is 30.3 Å². The van der Waals surface area contributed by atoms with Gasteiger partial charge in [0.2, 0.25) is 21.1 Å². The van der Waals surface area contributed by atoms with E-state index < -0.39 is 21.8 Å². The van der Waals surface area contributed by atoms with Crippen LogP contribution in [0.2, 0.25) is 0 Å². The standard InChI is InChI=1S/C22H24FN5O3S2/c23-18-8-10-19(11-9-18)33(30,31)28-13-4-7-17(15-28)21(29)24-12-14-32-22-25-20(26-27-22)16-5-2-1-3-6-16/h1-3,5-6,8-11,17H,4,7,12-15H2,(H,24,29)(H,25,26,27). The Bertz CT molecular complexity index is 1190. The van der Waals surface area contributed by atoms with Crippen molar-refractivity contribution < 1.29 is 17.6 Å². The van der Waals surface area contributed by atoms with Crippen LogP contribution in [-0.4, -0.2) is 59.2 Å². The summed E-state index contributed by atoms with van der Waals surface area (Å²) in [6.07, 6.45) is 1.21. The number of aromatic amines is 1. The van der Waals surface area contributed by atoms with Gasteiger partial charge in [0.15, 0.2) is 5.82 Å². The smallest absolute Gasteiger partial charge is 0.243 e. The molecule has 8 nitrogen and oxygen atoms in total. The van der Waals surface area contributed by atoms with Crippen molar-refractivity contribution in [2.45, 2.75) is 22.9 Å². The van der Waals surface area contributed by atoms with E-state index in [1.54, 1.807) is 0 Å². The summed E-state index contributed by atoms with van der Waals surface area (Å²) in [6, 6.07) is 14.4. The van der Waals surface area contributed by atoms with Crippen LogP contribution in [0, 0.1) is 11.7 Å². The molecule has 1 amide bonds. The van der Waals surface area contributed by atoms with Gasteiger partial charge < -0.3 is 5.32 Å². The van der Waals surface area contributed by atoms with Crippen molar-refractivity contribution in [2.24, 2.45) is 5.92 Å². The number of hydrogen-bond donors (Lipinski definition) is 2. The van der Waals surface area contributed by atoms with Crippen molar-refractivity contribution >= 4 is 27.7 Å². The van der Waals surface area contributed by atoms with Gasteiger partial charge in [-0.05, 0) is 37.1 Å². The minimum absolute atomic E-state index is 0.0303. The monoisotopic (exact) mass is 489 g/mol. The zero-order chi connectivity index (χ0) is 23.3. The Balaban J connectivity index is 1.26. The van der Waals surface area contributed by atoms with Gasteiger partial charge in [-0.2, -0.15) is 4.31 Å². The Morgan fingerprint density at radius 1 is 1.18 bits per heavy atom. The molecule has 1 unspecified atom stereocenters. The molecule has 0 radical (unpaired) electrons. The van der Waals surface area contributed by atoms with Gasteiger partial charge in [0.1, 0.15) is 5.82 Å². The first-order valence-corrected chi connectivity index (χ1v) is 13.0. The molecule has 2 N–H and O–H groups in total. The summed E-state index contributed by atoms with van der Waals surface area (Å²) in [6.45, 7) is 0.869. The van der Waals surface area contributed by atoms with Crippen molar-refractivity contribution in [3.05, 3.63) is 60.4 Å². The second-order valence-electron chi connectivity index (χ2n) is 7.63. The number of thioether (sulfide) groups is 1. The normalized spacial score (nSPS) is 17.1. The van der Waals surface area contributed by atoms with Crippen LogP contribution in [0.1, 0.15) is 12.8 Å². The molecule has 2 aromatic carbocycles. The Morgan fingerprint density at radius 3 is 2.70 bits per heavy atom. The molecule has 1 atom stereocenters. The quantitative estimate of drug-likeness (QED) is 0.372. The molecule has 3 aromatic rings. The van der Waals surface area contributed by atoms with Crippen molar-refractivity contribution in [2.75, 3.05) is 25.4 Å². The molecule has 0 aliphatic carbocycles. The third-order valence-corrected chi connectivity index (χ3v) is 8.08. The van der Waals surface area contributed by atoms with Crippen molar-refractivity contribution in [3.63, 3.8) is 0 Å². The lowest BCUT2D eigenvalue weighted by atomic mass is 9.99. The molecule has 1 saturated heterocycles. The van der Waals surface area contributed by atoms with Crippen LogP contribution >= 0.6 is 11.8 Å². The Hall–Kier alpha value is -2.76. The van der Waals surface area contributed by atoms with Crippen molar-refractivity contribution in [1.29, 1.82) is 0 Å². The fraction of sp³-hybridized carbons (Fsp3) is 0.318. The highest BCUT2D eigenvalue weighted by Crippen LogP contribution is 2.24. The maximum atomic E-state index is 13.1. The lowest BCUT2D eigenvalue weighted by Crippen LogP contribution is -2.45. The van der Waals surface area contributed by atoms with Crippen LogP contribution in [0.3, 0.4) is 0 Å². The van der Waals surface area contributed by atoms with Crippen LogP contribution in [0.4, 0.5) is 4.39 Å². The molecule has 2 heterocycles. The molecule has 0 bridgehead atoms. The number of H-pyrrole nitrogens is 1. The van der Waals surface area contributed by atoms with Crippen LogP contribution in [0.5, 0.6) is 0 Å². The van der Waals surface area contributed by atoms with E-state index in [9.17, 15) is 17.6 Å². The minimum Gasteiger partial charge on any atom is -0.355 e. The van der Waals surface area contributed by atoms with Crippen LogP contribution in [-0.2, 0) is 14.8 Å². The topological polar surface area (TPSA) is 108 Å². The zero-order valence-electron chi connectivity index (χ0n) is 17.8. The first-order valence-electron chi connectivity index (χ1n) is 10.6. The average Bonchev–Trinajstić information content (AvgIpc) is 3.32. The van der Waals surface area contributed by atoms with Gasteiger partial charge in [0.05, 0.1) is 10.8 Å². The highest BCUT2D eigenvalue weighted by molar-refractivity contribution is 7.99. The number of hydrogen-bond acceptors (Lipinski definition) is 6. The fourth-order valence-corrected chi connectivity index (χ4v) is 5.80. The number of piperidine rings is 1. The predicted octanol–water partition coefficient (Wildman–Crippen LogP) is 2.92. The largest absolute Gasteiger partial charge is 0.355 e. The molecule has 33 heavy (non-hydrogen) atoms. The molecule has 174 valence electrons. The Morgan fingerprint density at radius 2 is 1.94 bits per heavy atom. The SMILES string of the molecule is O=C(NCCSc1n[nH]c(-c2ccccc2)n1)C1CCCN(S(=O)(=O)c2ccc(F)cc2)C1. The van der Waals surface area contributed by atoms with E-state index in [4.69, 9.17) is 0 Å². The lowest BCUT2D eigenvalue weighted by Gasteiger charge is -2.31. The van der Waals surface area contributed by atoms with Gasteiger partial charge in [0, 0.05) is 31.0 Å². The van der Waals surface area contributed by atoms with E-state index in [0.29, 0.717) is 42.7 Å². The van der Waals surface area contributed by atoms with Crippen LogP contribution in [0.25, 0.3) is 11.4 Å². The number of aromatic nitrogens is 3. The molecule has 0 saturated carbocycles. The number of nitrogens with zero attached hydrogens (tertiary/aromatic N) is 3. The van der Waals surface area contributed by atoms with E-state index >= 15 is 0 Å². The van der Waals surface area contributed by atoms with E-state index in [-0.39, 0.29) is 17.3 Å². The third kappa shape index (κ3) is 5.79. The third-order valence-electron chi connectivity index (χ3n) is 5.35. The van der Waals surface area contributed by atoms with Gasteiger partial charge >= 0.3 is 0 Å². The van der Waals surface area contributed by atoms with Crippen molar-refractivity contribution in [3.8, 4) is 11.4 Å². The van der Waals surface area contributed by atoms with Gasteiger partial charge in [-0.15, -0.1) is 5.10 Å². The highest BCUT2D eigenvalue weighted by Gasteiger charge is 2.33. The maximum absolute atomic E-state index is 13.1. The number of amides is 1. The van der Waals surface area contributed by atoms with Crippen LogP contribution in [0.15, 0.2) is 64.6 Å². The Kier molecular flexibility index (Phi) is 7.41. The second kappa shape index (κ2) is 10.4. The number of sulfonamides is 1. The average molecular weight is 490 g/mol. The summed E-state index contributed by atoms with van der Waals surface area (Å²) in [5, 5.41) is 10.6. The number of rotatable bonds is 8. The lowest BCUT2D eigenvalue weighted by molar-refractivity contribution is -0.125. The zero-order valence-corrected chi connectivity index (χ0v) is 19.4. The number of carbonyl (C=O) groups excluding carboxylic acids is 1. The molecular weight excluding hydrogens is 465 g/mol. The molecule has 0 spiro atoms. The molecule has 4 rings (SSSR count). The molecule has 1 fully saturated rings. The highest BCUT2D eigenvalue weighted by atomic mass is 32.2. The molecule has 1 aromatic heterocycles.